The topological polar surface area (TPSA) is 49.5 Å². The number of aromatic nitrogens is 1. The molecular formula is C16H21FN2O2. The SMILES string of the molecule is CC(CO)CN1CCC(c2noc3cccc(F)c23)CC1. The summed E-state index contributed by atoms with van der Waals surface area (Å²) in [4.78, 5) is 2.36. The fourth-order valence-electron chi connectivity index (χ4n) is 3.14. The molecule has 114 valence electrons. The van der Waals surface area contributed by atoms with Crippen LogP contribution in [0.2, 0.25) is 0 Å². The number of fused-ring (bicyclic) bond motifs is 1. The molecule has 2 aromatic rings. The lowest BCUT2D eigenvalue weighted by atomic mass is 9.91. The Bertz CT molecular complexity index is 605. The molecule has 1 saturated heterocycles. The standard InChI is InChI=1S/C16H21FN2O2/c1-11(10-20)9-19-7-5-12(6-8-19)16-15-13(17)3-2-4-14(15)21-18-16/h2-4,11-12,20H,5-10H2,1H3. The first kappa shape index (κ1) is 14.5. The monoisotopic (exact) mass is 292 g/mol. The first-order valence-corrected chi connectivity index (χ1v) is 7.56. The highest BCUT2D eigenvalue weighted by Crippen LogP contribution is 2.33. The van der Waals surface area contributed by atoms with E-state index in [-0.39, 0.29) is 18.3 Å². The van der Waals surface area contributed by atoms with Crippen LogP contribution < -0.4 is 0 Å². The molecular weight excluding hydrogens is 271 g/mol. The lowest BCUT2D eigenvalue weighted by molar-refractivity contribution is 0.147. The Balaban J connectivity index is 1.71. The quantitative estimate of drug-likeness (QED) is 0.941. The molecule has 0 aliphatic carbocycles. The van der Waals surface area contributed by atoms with Gasteiger partial charge >= 0.3 is 0 Å². The zero-order chi connectivity index (χ0) is 14.8. The molecule has 21 heavy (non-hydrogen) atoms. The van der Waals surface area contributed by atoms with Crippen molar-refractivity contribution in [3.05, 3.63) is 29.7 Å². The molecule has 0 amide bonds. The Kier molecular flexibility index (Phi) is 4.22. The summed E-state index contributed by atoms with van der Waals surface area (Å²) in [5.41, 5.74) is 1.29. The van der Waals surface area contributed by atoms with Crippen molar-refractivity contribution in [1.29, 1.82) is 0 Å². The van der Waals surface area contributed by atoms with Crippen molar-refractivity contribution in [1.82, 2.24) is 10.1 Å². The van der Waals surface area contributed by atoms with Crippen LogP contribution in [-0.4, -0.2) is 41.4 Å². The van der Waals surface area contributed by atoms with Gasteiger partial charge in [-0.3, -0.25) is 0 Å². The molecule has 1 aliphatic rings. The molecule has 5 heteroatoms. The molecule has 4 nitrogen and oxygen atoms in total. The summed E-state index contributed by atoms with van der Waals surface area (Å²) in [6, 6.07) is 4.86. The van der Waals surface area contributed by atoms with Crippen molar-refractivity contribution < 1.29 is 14.0 Å². The van der Waals surface area contributed by atoms with Crippen molar-refractivity contribution in [2.45, 2.75) is 25.7 Å². The van der Waals surface area contributed by atoms with Gasteiger partial charge in [-0.2, -0.15) is 0 Å². The van der Waals surface area contributed by atoms with Gasteiger partial charge in [0.25, 0.3) is 0 Å². The molecule has 0 radical (unpaired) electrons. The molecule has 1 unspecified atom stereocenters. The predicted octanol–water partition coefficient (Wildman–Crippen LogP) is 2.77. The predicted molar refractivity (Wildman–Crippen MR) is 78.6 cm³/mol. The molecule has 1 fully saturated rings. The van der Waals surface area contributed by atoms with E-state index in [0.29, 0.717) is 16.9 Å². The van der Waals surface area contributed by atoms with E-state index in [9.17, 15) is 4.39 Å². The van der Waals surface area contributed by atoms with Crippen LogP contribution in [0.5, 0.6) is 0 Å². The third-order valence-corrected chi connectivity index (χ3v) is 4.33. The Labute approximate surface area is 123 Å². The maximum atomic E-state index is 14.0. The smallest absolute Gasteiger partial charge is 0.170 e. The zero-order valence-corrected chi connectivity index (χ0v) is 12.3. The van der Waals surface area contributed by atoms with Gasteiger partial charge < -0.3 is 14.5 Å². The summed E-state index contributed by atoms with van der Waals surface area (Å²) >= 11 is 0. The minimum absolute atomic E-state index is 0.221. The van der Waals surface area contributed by atoms with Crippen molar-refractivity contribution in [2.24, 2.45) is 5.92 Å². The fraction of sp³-hybridized carbons (Fsp3) is 0.562. The molecule has 2 heterocycles. The first-order valence-electron chi connectivity index (χ1n) is 7.56. The van der Waals surface area contributed by atoms with Crippen LogP contribution in [0.1, 0.15) is 31.4 Å². The Morgan fingerprint density at radius 1 is 1.43 bits per heavy atom. The second kappa shape index (κ2) is 6.12. The van der Waals surface area contributed by atoms with E-state index in [1.807, 2.05) is 6.92 Å². The van der Waals surface area contributed by atoms with Crippen LogP contribution in [0, 0.1) is 11.7 Å². The molecule has 1 aromatic carbocycles. The fourth-order valence-corrected chi connectivity index (χ4v) is 3.14. The molecule has 0 bridgehead atoms. The van der Waals surface area contributed by atoms with Crippen molar-refractivity contribution in [2.75, 3.05) is 26.2 Å². The van der Waals surface area contributed by atoms with Crippen LogP contribution >= 0.6 is 0 Å². The van der Waals surface area contributed by atoms with Gasteiger partial charge in [-0.05, 0) is 44.0 Å². The van der Waals surface area contributed by atoms with E-state index in [0.717, 1.165) is 38.2 Å². The maximum absolute atomic E-state index is 14.0. The molecule has 1 N–H and O–H groups in total. The summed E-state index contributed by atoms with van der Waals surface area (Å²) in [6.07, 6.45) is 1.90. The normalized spacial score (nSPS) is 19.2. The second-order valence-electron chi connectivity index (χ2n) is 6.04. The number of nitrogens with zero attached hydrogens (tertiary/aromatic N) is 2. The minimum atomic E-state index is -0.250. The number of piperidine rings is 1. The summed E-state index contributed by atoms with van der Waals surface area (Å²) in [5, 5.41) is 13.8. The van der Waals surface area contributed by atoms with E-state index < -0.39 is 0 Å². The summed E-state index contributed by atoms with van der Waals surface area (Å²) in [6.45, 7) is 5.10. The zero-order valence-electron chi connectivity index (χ0n) is 12.3. The summed E-state index contributed by atoms with van der Waals surface area (Å²) in [5.74, 6) is 0.302. The molecule has 3 rings (SSSR count). The second-order valence-corrected chi connectivity index (χ2v) is 6.04. The van der Waals surface area contributed by atoms with Gasteiger partial charge in [0.2, 0.25) is 0 Å². The number of aliphatic hydroxyl groups excluding tert-OH is 1. The lowest BCUT2D eigenvalue weighted by Crippen LogP contribution is -2.36. The van der Waals surface area contributed by atoms with E-state index in [2.05, 4.69) is 10.1 Å². The number of rotatable bonds is 4. The van der Waals surface area contributed by atoms with Crippen LogP contribution in [-0.2, 0) is 0 Å². The van der Waals surface area contributed by atoms with E-state index in [4.69, 9.17) is 9.63 Å². The molecule has 1 aromatic heterocycles. The number of likely N-dealkylation sites (tertiary alicyclic amines) is 1. The summed E-state index contributed by atoms with van der Waals surface area (Å²) in [7, 11) is 0. The number of hydrogen-bond donors (Lipinski definition) is 1. The van der Waals surface area contributed by atoms with Crippen LogP contribution in [0.4, 0.5) is 4.39 Å². The van der Waals surface area contributed by atoms with Crippen molar-refractivity contribution in [3.8, 4) is 0 Å². The molecule has 0 spiro atoms. The van der Waals surface area contributed by atoms with Crippen LogP contribution in [0.25, 0.3) is 11.0 Å². The lowest BCUT2D eigenvalue weighted by Gasteiger charge is -2.32. The minimum Gasteiger partial charge on any atom is -0.396 e. The third kappa shape index (κ3) is 2.94. The van der Waals surface area contributed by atoms with Gasteiger partial charge in [0.15, 0.2) is 5.58 Å². The first-order chi connectivity index (χ1) is 10.2. The molecule has 1 aliphatic heterocycles. The highest BCUT2D eigenvalue weighted by atomic mass is 19.1. The Morgan fingerprint density at radius 2 is 2.19 bits per heavy atom. The van der Waals surface area contributed by atoms with Gasteiger partial charge in [0.05, 0.1) is 11.1 Å². The van der Waals surface area contributed by atoms with E-state index >= 15 is 0 Å². The third-order valence-electron chi connectivity index (χ3n) is 4.33. The Morgan fingerprint density at radius 3 is 2.90 bits per heavy atom. The highest BCUT2D eigenvalue weighted by molar-refractivity contribution is 5.80. The Hall–Kier alpha value is -1.46. The number of hydrogen-bond acceptors (Lipinski definition) is 4. The van der Waals surface area contributed by atoms with Gasteiger partial charge in [-0.25, -0.2) is 4.39 Å². The number of aliphatic hydroxyl groups is 1. The average molecular weight is 292 g/mol. The maximum Gasteiger partial charge on any atom is 0.170 e. The van der Waals surface area contributed by atoms with E-state index in [1.165, 1.54) is 6.07 Å². The van der Waals surface area contributed by atoms with Gasteiger partial charge in [0, 0.05) is 19.1 Å². The van der Waals surface area contributed by atoms with Crippen molar-refractivity contribution >= 4 is 11.0 Å². The highest BCUT2D eigenvalue weighted by Gasteiger charge is 2.26. The summed E-state index contributed by atoms with van der Waals surface area (Å²) < 4.78 is 19.2. The van der Waals surface area contributed by atoms with Crippen LogP contribution in [0.15, 0.2) is 22.7 Å². The molecule has 1 atom stereocenters. The molecule has 0 saturated carbocycles. The van der Waals surface area contributed by atoms with E-state index in [1.54, 1.807) is 12.1 Å². The largest absolute Gasteiger partial charge is 0.396 e. The van der Waals surface area contributed by atoms with Gasteiger partial charge in [-0.1, -0.05) is 18.1 Å². The van der Waals surface area contributed by atoms with Gasteiger partial charge in [0.1, 0.15) is 5.82 Å². The average Bonchev–Trinajstić information content (AvgIpc) is 2.93. The van der Waals surface area contributed by atoms with Crippen molar-refractivity contribution in [3.63, 3.8) is 0 Å². The van der Waals surface area contributed by atoms with Crippen LogP contribution in [0.3, 0.4) is 0 Å². The number of halogens is 1. The van der Waals surface area contributed by atoms with Gasteiger partial charge in [-0.15, -0.1) is 0 Å². The number of benzene rings is 1.